The molecule has 1 aromatic rings. The molecule has 2 rings (SSSR count). The normalized spacial score (nSPS) is 16.7. The summed E-state index contributed by atoms with van der Waals surface area (Å²) in [5.74, 6) is -0.326. The Morgan fingerprint density at radius 3 is 2.50 bits per heavy atom. The number of fused-ring (bicyclic) bond motifs is 1. The molecule has 4 heteroatoms. The molecule has 1 N–H and O–H groups in total. The first kappa shape index (κ1) is 14.6. The van der Waals surface area contributed by atoms with Gasteiger partial charge in [0.25, 0.3) is 0 Å². The summed E-state index contributed by atoms with van der Waals surface area (Å²) in [6.45, 7) is 5.66. The van der Waals surface area contributed by atoms with Crippen molar-refractivity contribution in [2.24, 2.45) is 0 Å². The second-order valence-electron chi connectivity index (χ2n) is 5.21. The lowest BCUT2D eigenvalue weighted by Gasteiger charge is -2.22. The molecule has 0 bridgehead atoms. The predicted molar refractivity (Wildman–Crippen MR) is 79.6 cm³/mol. The number of hydrogen-bond donors (Lipinski definition) is 1. The summed E-state index contributed by atoms with van der Waals surface area (Å²) >= 11 is 0. The minimum atomic E-state index is -0.338. The molecule has 1 aliphatic rings. The summed E-state index contributed by atoms with van der Waals surface area (Å²) < 4.78 is 0. The van der Waals surface area contributed by atoms with E-state index in [1.165, 1.54) is 0 Å². The highest BCUT2D eigenvalue weighted by molar-refractivity contribution is 6.04. The molecule has 0 radical (unpaired) electrons. The standard InChI is InChI=1S/C16H22N2O2/c1-3-9-18(10-4-2)15(19)11-13-12-7-5-6-8-14(12)17-16(13)20/h5-8,13H,3-4,9-11H2,1-2H3,(H,17,20). The van der Waals surface area contributed by atoms with E-state index >= 15 is 0 Å². The van der Waals surface area contributed by atoms with Crippen LogP contribution in [-0.2, 0) is 9.59 Å². The van der Waals surface area contributed by atoms with E-state index in [0.717, 1.165) is 37.2 Å². The smallest absolute Gasteiger partial charge is 0.232 e. The van der Waals surface area contributed by atoms with Crippen molar-refractivity contribution >= 4 is 17.5 Å². The molecule has 0 fully saturated rings. The van der Waals surface area contributed by atoms with Gasteiger partial charge in [-0.2, -0.15) is 0 Å². The fourth-order valence-electron chi connectivity index (χ4n) is 2.68. The van der Waals surface area contributed by atoms with Crippen LogP contribution < -0.4 is 5.32 Å². The second kappa shape index (κ2) is 6.55. The fraction of sp³-hybridized carbons (Fsp3) is 0.500. The van der Waals surface area contributed by atoms with Crippen molar-refractivity contribution in [1.82, 2.24) is 4.90 Å². The number of nitrogens with one attached hydrogen (secondary N) is 1. The van der Waals surface area contributed by atoms with Gasteiger partial charge in [0.15, 0.2) is 0 Å². The Morgan fingerprint density at radius 1 is 1.20 bits per heavy atom. The van der Waals surface area contributed by atoms with Crippen LogP contribution in [0.5, 0.6) is 0 Å². The van der Waals surface area contributed by atoms with Crippen LogP contribution in [0.25, 0.3) is 0 Å². The first-order chi connectivity index (χ1) is 9.67. The Labute approximate surface area is 120 Å². The Morgan fingerprint density at radius 2 is 1.85 bits per heavy atom. The zero-order valence-corrected chi connectivity index (χ0v) is 12.2. The lowest BCUT2D eigenvalue weighted by molar-refractivity contribution is -0.133. The minimum absolute atomic E-state index is 0.0625. The summed E-state index contributed by atoms with van der Waals surface area (Å²) in [5.41, 5.74) is 1.78. The van der Waals surface area contributed by atoms with Gasteiger partial charge in [-0.3, -0.25) is 9.59 Å². The van der Waals surface area contributed by atoms with Crippen molar-refractivity contribution in [3.8, 4) is 0 Å². The molecule has 108 valence electrons. The minimum Gasteiger partial charge on any atom is -0.343 e. The molecule has 4 nitrogen and oxygen atoms in total. The van der Waals surface area contributed by atoms with Gasteiger partial charge < -0.3 is 10.2 Å². The molecule has 1 unspecified atom stereocenters. The van der Waals surface area contributed by atoms with Gasteiger partial charge in [-0.05, 0) is 24.5 Å². The molecule has 1 heterocycles. The summed E-state index contributed by atoms with van der Waals surface area (Å²) in [6, 6.07) is 7.61. The molecular weight excluding hydrogens is 252 g/mol. The number of amides is 2. The van der Waals surface area contributed by atoms with Gasteiger partial charge in [0.05, 0.1) is 5.92 Å². The monoisotopic (exact) mass is 274 g/mol. The van der Waals surface area contributed by atoms with Gasteiger partial charge in [-0.1, -0.05) is 32.0 Å². The van der Waals surface area contributed by atoms with E-state index in [4.69, 9.17) is 0 Å². The van der Waals surface area contributed by atoms with Gasteiger partial charge >= 0.3 is 0 Å². The summed E-state index contributed by atoms with van der Waals surface area (Å²) in [5, 5.41) is 2.85. The highest BCUT2D eigenvalue weighted by Crippen LogP contribution is 2.34. The van der Waals surface area contributed by atoms with Crippen LogP contribution in [0.1, 0.15) is 44.6 Å². The quantitative estimate of drug-likeness (QED) is 0.867. The number of rotatable bonds is 6. The fourth-order valence-corrected chi connectivity index (χ4v) is 2.68. The molecule has 0 aliphatic carbocycles. The SMILES string of the molecule is CCCN(CCC)C(=O)CC1C(=O)Nc2ccccc21. The number of anilines is 1. The summed E-state index contributed by atoms with van der Waals surface area (Å²) in [4.78, 5) is 26.3. The maximum absolute atomic E-state index is 12.4. The highest BCUT2D eigenvalue weighted by Gasteiger charge is 2.32. The first-order valence-electron chi connectivity index (χ1n) is 7.35. The number of para-hydroxylation sites is 1. The zero-order valence-electron chi connectivity index (χ0n) is 12.2. The maximum Gasteiger partial charge on any atom is 0.232 e. The number of carbonyl (C=O) groups is 2. The van der Waals surface area contributed by atoms with Gasteiger partial charge in [0, 0.05) is 25.2 Å². The van der Waals surface area contributed by atoms with E-state index in [1.54, 1.807) is 0 Å². The van der Waals surface area contributed by atoms with E-state index in [9.17, 15) is 9.59 Å². The average molecular weight is 274 g/mol. The van der Waals surface area contributed by atoms with Gasteiger partial charge in [0.1, 0.15) is 0 Å². The highest BCUT2D eigenvalue weighted by atomic mass is 16.2. The van der Waals surface area contributed by atoms with E-state index in [2.05, 4.69) is 19.2 Å². The van der Waals surface area contributed by atoms with E-state index in [0.29, 0.717) is 0 Å². The molecule has 2 amide bonds. The van der Waals surface area contributed by atoms with Gasteiger partial charge in [0.2, 0.25) is 11.8 Å². The number of benzene rings is 1. The first-order valence-corrected chi connectivity index (χ1v) is 7.35. The van der Waals surface area contributed by atoms with Crippen molar-refractivity contribution in [3.05, 3.63) is 29.8 Å². The van der Waals surface area contributed by atoms with Crippen LogP contribution in [0.15, 0.2) is 24.3 Å². The van der Waals surface area contributed by atoms with Crippen LogP contribution in [0.2, 0.25) is 0 Å². The van der Waals surface area contributed by atoms with E-state index in [1.807, 2.05) is 29.2 Å². The lowest BCUT2D eigenvalue weighted by atomic mass is 9.96. The van der Waals surface area contributed by atoms with Crippen molar-refractivity contribution in [3.63, 3.8) is 0 Å². The van der Waals surface area contributed by atoms with Crippen LogP contribution in [0.4, 0.5) is 5.69 Å². The van der Waals surface area contributed by atoms with Crippen LogP contribution in [0.3, 0.4) is 0 Å². The second-order valence-corrected chi connectivity index (χ2v) is 5.21. The van der Waals surface area contributed by atoms with Gasteiger partial charge in [-0.25, -0.2) is 0 Å². The van der Waals surface area contributed by atoms with E-state index < -0.39 is 0 Å². The Hall–Kier alpha value is -1.84. The maximum atomic E-state index is 12.4. The number of carbonyl (C=O) groups excluding carboxylic acids is 2. The van der Waals surface area contributed by atoms with Gasteiger partial charge in [-0.15, -0.1) is 0 Å². The van der Waals surface area contributed by atoms with E-state index in [-0.39, 0.29) is 24.2 Å². The van der Waals surface area contributed by atoms with Crippen molar-refractivity contribution in [2.75, 3.05) is 18.4 Å². The topological polar surface area (TPSA) is 49.4 Å². The molecule has 0 saturated heterocycles. The molecule has 20 heavy (non-hydrogen) atoms. The number of hydrogen-bond acceptors (Lipinski definition) is 2. The van der Waals surface area contributed by atoms with Crippen molar-refractivity contribution < 1.29 is 9.59 Å². The Bertz CT molecular complexity index is 493. The third-order valence-electron chi connectivity index (χ3n) is 3.63. The molecule has 1 aliphatic heterocycles. The van der Waals surface area contributed by atoms with Crippen molar-refractivity contribution in [2.45, 2.75) is 39.0 Å². The molecule has 0 saturated carbocycles. The van der Waals surface area contributed by atoms with Crippen LogP contribution in [-0.4, -0.2) is 29.8 Å². The summed E-state index contributed by atoms with van der Waals surface area (Å²) in [7, 11) is 0. The largest absolute Gasteiger partial charge is 0.343 e. The average Bonchev–Trinajstić information content (AvgIpc) is 2.75. The third-order valence-corrected chi connectivity index (χ3v) is 3.63. The molecule has 1 atom stereocenters. The van der Waals surface area contributed by atoms with Crippen LogP contribution in [0, 0.1) is 0 Å². The lowest BCUT2D eigenvalue weighted by Crippen LogP contribution is -2.34. The van der Waals surface area contributed by atoms with Crippen molar-refractivity contribution in [1.29, 1.82) is 0 Å². The third kappa shape index (κ3) is 3.00. The predicted octanol–water partition coefficient (Wildman–Crippen LogP) is 2.76. The molecule has 1 aromatic carbocycles. The number of nitrogens with zero attached hydrogens (tertiary/aromatic N) is 1. The molecule has 0 spiro atoms. The molecular formula is C16H22N2O2. The van der Waals surface area contributed by atoms with Crippen LogP contribution >= 0.6 is 0 Å². The Balaban J connectivity index is 2.09. The molecule has 0 aromatic heterocycles. The Kier molecular flexibility index (Phi) is 4.77. The summed E-state index contributed by atoms with van der Waals surface area (Å²) in [6.07, 6.45) is 2.15. The zero-order chi connectivity index (χ0) is 14.5.